The molecule has 3 aromatic rings. The number of para-hydroxylation sites is 1. The lowest BCUT2D eigenvalue weighted by atomic mass is 10.2. The van der Waals surface area contributed by atoms with E-state index < -0.39 is 0 Å². The number of carbonyl (C=O) groups is 1. The molecule has 4 heteroatoms. The van der Waals surface area contributed by atoms with Crippen molar-refractivity contribution in [3.63, 3.8) is 0 Å². The van der Waals surface area contributed by atoms with Gasteiger partial charge < -0.3 is 15.0 Å². The lowest BCUT2D eigenvalue weighted by Gasteiger charge is -2.02. The highest BCUT2D eigenvalue weighted by molar-refractivity contribution is 6.06. The summed E-state index contributed by atoms with van der Waals surface area (Å²) in [6, 6.07) is 16.9. The van der Waals surface area contributed by atoms with Crippen LogP contribution in [0.5, 0.6) is 5.75 Å². The molecule has 0 radical (unpaired) electrons. The summed E-state index contributed by atoms with van der Waals surface area (Å²) < 4.78 is 5.17. The Labute approximate surface area is 116 Å². The Kier molecular flexibility index (Phi) is 3.13. The second-order valence-electron chi connectivity index (χ2n) is 4.46. The molecule has 100 valence electrons. The molecule has 2 N–H and O–H groups in total. The van der Waals surface area contributed by atoms with Gasteiger partial charge in [-0.1, -0.05) is 18.2 Å². The molecule has 0 unspecified atom stereocenters. The van der Waals surface area contributed by atoms with Crippen LogP contribution in [-0.2, 0) is 0 Å². The summed E-state index contributed by atoms with van der Waals surface area (Å²) in [6.07, 6.45) is 0. The van der Waals surface area contributed by atoms with Gasteiger partial charge in [-0.05, 0) is 30.3 Å². The third-order valence-electron chi connectivity index (χ3n) is 3.11. The van der Waals surface area contributed by atoms with E-state index >= 15 is 0 Å². The van der Waals surface area contributed by atoms with Gasteiger partial charge in [0.25, 0.3) is 5.91 Å². The maximum Gasteiger partial charge on any atom is 0.272 e. The molecule has 2 aromatic carbocycles. The first kappa shape index (κ1) is 12.3. The Balaban J connectivity index is 1.88. The number of nitrogens with one attached hydrogen (secondary N) is 2. The molecule has 0 atom stereocenters. The van der Waals surface area contributed by atoms with Crippen molar-refractivity contribution >= 4 is 22.5 Å². The first-order chi connectivity index (χ1) is 9.76. The first-order valence-corrected chi connectivity index (χ1v) is 6.29. The quantitative estimate of drug-likeness (QED) is 0.763. The number of H-pyrrole nitrogens is 1. The number of aromatic amines is 1. The summed E-state index contributed by atoms with van der Waals surface area (Å²) in [5.41, 5.74) is 2.17. The van der Waals surface area contributed by atoms with Gasteiger partial charge in [0.1, 0.15) is 11.4 Å². The number of fused-ring (bicyclic) bond motifs is 1. The van der Waals surface area contributed by atoms with E-state index in [2.05, 4.69) is 10.3 Å². The minimum Gasteiger partial charge on any atom is -0.497 e. The SMILES string of the molecule is COc1ccc2cc(C(=O)Nc3ccccc3)[nH]c2c1. The van der Waals surface area contributed by atoms with E-state index in [9.17, 15) is 4.79 Å². The van der Waals surface area contributed by atoms with Gasteiger partial charge in [-0.2, -0.15) is 0 Å². The second-order valence-corrected chi connectivity index (χ2v) is 4.46. The Morgan fingerprint density at radius 3 is 2.65 bits per heavy atom. The van der Waals surface area contributed by atoms with E-state index in [1.54, 1.807) is 7.11 Å². The van der Waals surface area contributed by atoms with Crippen LogP contribution in [0.1, 0.15) is 10.5 Å². The highest BCUT2D eigenvalue weighted by atomic mass is 16.5. The molecule has 4 nitrogen and oxygen atoms in total. The van der Waals surface area contributed by atoms with Crippen LogP contribution in [0.15, 0.2) is 54.6 Å². The Bertz CT molecular complexity index is 748. The van der Waals surface area contributed by atoms with Gasteiger partial charge in [0.15, 0.2) is 0 Å². The number of hydrogen-bond donors (Lipinski definition) is 2. The third-order valence-corrected chi connectivity index (χ3v) is 3.11. The molecular formula is C16H14N2O2. The van der Waals surface area contributed by atoms with Gasteiger partial charge in [0.05, 0.1) is 7.11 Å². The van der Waals surface area contributed by atoms with Crippen LogP contribution < -0.4 is 10.1 Å². The van der Waals surface area contributed by atoms with Crippen molar-refractivity contribution in [2.75, 3.05) is 12.4 Å². The second kappa shape index (κ2) is 5.09. The van der Waals surface area contributed by atoms with Gasteiger partial charge in [0, 0.05) is 22.7 Å². The van der Waals surface area contributed by atoms with Crippen molar-refractivity contribution < 1.29 is 9.53 Å². The molecule has 0 saturated heterocycles. The molecule has 0 aliphatic heterocycles. The molecule has 1 heterocycles. The average Bonchev–Trinajstić information content (AvgIpc) is 2.91. The summed E-state index contributed by atoms with van der Waals surface area (Å²) in [7, 11) is 1.62. The zero-order chi connectivity index (χ0) is 13.9. The Morgan fingerprint density at radius 2 is 1.90 bits per heavy atom. The molecule has 1 amide bonds. The largest absolute Gasteiger partial charge is 0.497 e. The molecule has 0 spiro atoms. The number of rotatable bonds is 3. The van der Waals surface area contributed by atoms with Gasteiger partial charge in [-0.15, -0.1) is 0 Å². The number of aromatic nitrogens is 1. The van der Waals surface area contributed by atoms with Gasteiger partial charge in [-0.25, -0.2) is 0 Å². The summed E-state index contributed by atoms with van der Waals surface area (Å²) >= 11 is 0. The van der Waals surface area contributed by atoms with Crippen molar-refractivity contribution in [2.45, 2.75) is 0 Å². The van der Waals surface area contributed by atoms with Gasteiger partial charge >= 0.3 is 0 Å². The van der Waals surface area contributed by atoms with Crippen LogP contribution >= 0.6 is 0 Å². The molecule has 0 fully saturated rings. The summed E-state index contributed by atoms with van der Waals surface area (Å²) in [5, 5.41) is 3.82. The molecule has 0 aliphatic carbocycles. The van der Waals surface area contributed by atoms with Crippen LogP contribution in [0.3, 0.4) is 0 Å². The van der Waals surface area contributed by atoms with E-state index in [1.165, 1.54) is 0 Å². The van der Waals surface area contributed by atoms with E-state index in [-0.39, 0.29) is 5.91 Å². The fraction of sp³-hybridized carbons (Fsp3) is 0.0625. The fourth-order valence-corrected chi connectivity index (χ4v) is 2.08. The van der Waals surface area contributed by atoms with Crippen LogP contribution in [0.4, 0.5) is 5.69 Å². The molecule has 0 saturated carbocycles. The number of ether oxygens (including phenoxy) is 1. The predicted octanol–water partition coefficient (Wildman–Crippen LogP) is 3.43. The molecule has 0 aliphatic rings. The lowest BCUT2D eigenvalue weighted by molar-refractivity contribution is 0.102. The van der Waals surface area contributed by atoms with Crippen molar-refractivity contribution in [1.29, 1.82) is 0 Å². The van der Waals surface area contributed by atoms with E-state index in [0.717, 1.165) is 22.3 Å². The van der Waals surface area contributed by atoms with Gasteiger partial charge in [-0.3, -0.25) is 4.79 Å². The first-order valence-electron chi connectivity index (χ1n) is 6.29. The zero-order valence-electron chi connectivity index (χ0n) is 11.0. The number of methoxy groups -OCH3 is 1. The molecular weight excluding hydrogens is 252 g/mol. The van der Waals surface area contributed by atoms with Crippen molar-refractivity contribution in [2.24, 2.45) is 0 Å². The molecule has 3 rings (SSSR count). The van der Waals surface area contributed by atoms with Crippen LogP contribution in [-0.4, -0.2) is 18.0 Å². The number of amides is 1. The van der Waals surface area contributed by atoms with E-state index in [4.69, 9.17) is 4.74 Å². The fourth-order valence-electron chi connectivity index (χ4n) is 2.08. The normalized spacial score (nSPS) is 10.4. The molecule has 1 aromatic heterocycles. The van der Waals surface area contributed by atoms with Crippen molar-refractivity contribution in [3.8, 4) is 5.75 Å². The Morgan fingerprint density at radius 1 is 1.10 bits per heavy atom. The summed E-state index contributed by atoms with van der Waals surface area (Å²) in [6.45, 7) is 0. The molecule has 0 bridgehead atoms. The highest BCUT2D eigenvalue weighted by Gasteiger charge is 2.10. The maximum atomic E-state index is 12.2. The minimum atomic E-state index is -0.161. The zero-order valence-corrected chi connectivity index (χ0v) is 11.0. The maximum absolute atomic E-state index is 12.2. The van der Waals surface area contributed by atoms with Crippen LogP contribution in [0.2, 0.25) is 0 Å². The minimum absolute atomic E-state index is 0.161. The van der Waals surface area contributed by atoms with Crippen molar-refractivity contribution in [1.82, 2.24) is 4.98 Å². The number of anilines is 1. The van der Waals surface area contributed by atoms with Crippen LogP contribution in [0.25, 0.3) is 10.9 Å². The lowest BCUT2D eigenvalue weighted by Crippen LogP contribution is -2.11. The number of hydrogen-bond acceptors (Lipinski definition) is 2. The predicted molar refractivity (Wildman–Crippen MR) is 79.2 cm³/mol. The van der Waals surface area contributed by atoms with Crippen LogP contribution in [0, 0.1) is 0 Å². The standard InChI is InChI=1S/C16H14N2O2/c1-20-13-8-7-11-9-15(18-14(11)10-13)16(19)17-12-5-3-2-4-6-12/h2-10,18H,1H3,(H,17,19). The molecule has 20 heavy (non-hydrogen) atoms. The van der Waals surface area contributed by atoms with Gasteiger partial charge in [0.2, 0.25) is 0 Å². The smallest absolute Gasteiger partial charge is 0.272 e. The highest BCUT2D eigenvalue weighted by Crippen LogP contribution is 2.21. The number of benzene rings is 2. The number of carbonyl (C=O) groups excluding carboxylic acids is 1. The van der Waals surface area contributed by atoms with E-state index in [1.807, 2.05) is 54.6 Å². The summed E-state index contributed by atoms with van der Waals surface area (Å²) in [5.74, 6) is 0.598. The van der Waals surface area contributed by atoms with Crippen molar-refractivity contribution in [3.05, 3.63) is 60.3 Å². The summed E-state index contributed by atoms with van der Waals surface area (Å²) in [4.78, 5) is 15.3. The average molecular weight is 266 g/mol. The van der Waals surface area contributed by atoms with E-state index in [0.29, 0.717) is 5.69 Å². The topological polar surface area (TPSA) is 54.1 Å². The Hall–Kier alpha value is -2.75. The monoisotopic (exact) mass is 266 g/mol. The third kappa shape index (κ3) is 2.36.